The number of fused-ring (bicyclic) bond motifs is 1. The maximum Gasteiger partial charge on any atom is 0.471 e. The molecule has 1 amide bonds. The average molecular weight is 360 g/mol. The second-order valence-electron chi connectivity index (χ2n) is 5.63. The van der Waals surface area contributed by atoms with Crippen molar-refractivity contribution < 1.29 is 32.4 Å². The van der Waals surface area contributed by atoms with Gasteiger partial charge in [0.1, 0.15) is 6.61 Å². The summed E-state index contributed by atoms with van der Waals surface area (Å²) in [6, 6.07) is 1.64. The summed E-state index contributed by atoms with van der Waals surface area (Å²) in [5.41, 5.74) is 0.656. The lowest BCUT2D eigenvalue weighted by Gasteiger charge is -2.27. The van der Waals surface area contributed by atoms with Gasteiger partial charge in [-0.2, -0.15) is 13.2 Å². The van der Waals surface area contributed by atoms with E-state index in [9.17, 15) is 32.9 Å². The summed E-state index contributed by atoms with van der Waals surface area (Å²) in [5.74, 6) is -2.70. The van der Waals surface area contributed by atoms with Crippen molar-refractivity contribution in [2.75, 3.05) is 0 Å². The summed E-state index contributed by atoms with van der Waals surface area (Å²) in [6.07, 6.45) is -3.77. The fraction of sp³-hybridized carbons (Fsp3) is 0.467. The summed E-state index contributed by atoms with van der Waals surface area (Å²) >= 11 is 0. The molecule has 10 heteroatoms. The van der Waals surface area contributed by atoms with Crippen LogP contribution in [0.2, 0.25) is 0 Å². The fourth-order valence-electron chi connectivity index (χ4n) is 2.75. The van der Waals surface area contributed by atoms with Crippen LogP contribution in [0.4, 0.5) is 18.9 Å². The van der Waals surface area contributed by atoms with E-state index < -0.39 is 29.0 Å². The van der Waals surface area contributed by atoms with Crippen molar-refractivity contribution in [1.29, 1.82) is 0 Å². The molecule has 0 saturated heterocycles. The molecule has 0 saturated carbocycles. The molecule has 2 rings (SSSR count). The summed E-state index contributed by atoms with van der Waals surface area (Å²) < 4.78 is 42.2. The predicted molar refractivity (Wildman–Crippen MR) is 78.4 cm³/mol. The van der Waals surface area contributed by atoms with Gasteiger partial charge >= 0.3 is 18.1 Å². The lowest BCUT2D eigenvalue weighted by Crippen LogP contribution is -2.40. The van der Waals surface area contributed by atoms with E-state index >= 15 is 0 Å². The Balaban J connectivity index is 2.37. The maximum atomic E-state index is 12.5. The van der Waals surface area contributed by atoms with Crippen LogP contribution >= 0.6 is 0 Å². The highest BCUT2D eigenvalue weighted by atomic mass is 19.4. The molecule has 0 fully saturated rings. The number of carbonyl (C=O) groups is 2. The molecule has 1 N–H and O–H groups in total. The van der Waals surface area contributed by atoms with E-state index in [2.05, 4.69) is 0 Å². The molecule has 1 aliphatic carbocycles. The van der Waals surface area contributed by atoms with Gasteiger partial charge in [0.25, 0.3) is 5.69 Å². The van der Waals surface area contributed by atoms with Crippen molar-refractivity contribution in [3.8, 4) is 0 Å². The van der Waals surface area contributed by atoms with Crippen LogP contribution in [0.1, 0.15) is 42.5 Å². The van der Waals surface area contributed by atoms with E-state index in [0.29, 0.717) is 18.4 Å². The van der Waals surface area contributed by atoms with Gasteiger partial charge in [-0.1, -0.05) is 0 Å². The van der Waals surface area contributed by atoms with Crippen LogP contribution in [-0.2, 0) is 27.4 Å². The minimum absolute atomic E-state index is 0.154. The number of halogens is 3. The van der Waals surface area contributed by atoms with Crippen molar-refractivity contribution in [3.05, 3.63) is 38.9 Å². The number of alkyl halides is 3. The predicted octanol–water partition coefficient (Wildman–Crippen LogP) is 2.71. The lowest BCUT2D eigenvalue weighted by molar-refractivity contribution is -0.385. The molecule has 0 spiro atoms. The molecule has 1 aromatic carbocycles. The number of nitrogens with one attached hydrogen (secondary N) is 1. The number of carbonyl (C=O) groups excluding carboxylic acids is 2. The summed E-state index contributed by atoms with van der Waals surface area (Å²) in [6.45, 7) is 0.853. The summed E-state index contributed by atoms with van der Waals surface area (Å²) in [4.78, 5) is 32.6. The van der Waals surface area contributed by atoms with Crippen LogP contribution in [0.25, 0.3) is 0 Å². The van der Waals surface area contributed by atoms with Crippen LogP contribution in [0, 0.1) is 10.1 Å². The molecule has 7 nitrogen and oxygen atoms in total. The monoisotopic (exact) mass is 360 g/mol. The molecule has 1 aromatic rings. The van der Waals surface area contributed by atoms with E-state index in [-0.39, 0.29) is 29.8 Å². The fourth-order valence-corrected chi connectivity index (χ4v) is 2.75. The number of hydrogen-bond donors (Lipinski definition) is 1. The van der Waals surface area contributed by atoms with Crippen LogP contribution in [0.3, 0.4) is 0 Å². The first-order chi connectivity index (χ1) is 11.6. The second kappa shape index (κ2) is 7.08. The molecule has 1 unspecified atom stereocenters. The normalized spacial score (nSPS) is 16.7. The molecule has 25 heavy (non-hydrogen) atoms. The average Bonchev–Trinajstić information content (AvgIpc) is 2.51. The quantitative estimate of drug-likeness (QED) is 0.506. The third kappa shape index (κ3) is 4.46. The van der Waals surface area contributed by atoms with E-state index in [0.717, 1.165) is 13.0 Å². The van der Waals surface area contributed by atoms with E-state index in [1.54, 1.807) is 0 Å². The van der Waals surface area contributed by atoms with Gasteiger partial charge in [0.2, 0.25) is 0 Å². The van der Waals surface area contributed by atoms with Gasteiger partial charge in [-0.15, -0.1) is 0 Å². The number of amides is 1. The molecule has 136 valence electrons. The Morgan fingerprint density at radius 3 is 2.64 bits per heavy atom. The Kier molecular flexibility index (Phi) is 5.29. The summed E-state index contributed by atoms with van der Waals surface area (Å²) in [5, 5.41) is 13.1. The molecule has 1 aliphatic rings. The SMILES string of the molecule is CC(=O)OCc1cc2c(cc1[N+](=O)[O-])C(NC(=O)C(F)(F)F)CCC2. The van der Waals surface area contributed by atoms with E-state index in [4.69, 9.17) is 4.74 Å². The Hall–Kier alpha value is -2.65. The highest BCUT2D eigenvalue weighted by Gasteiger charge is 2.40. The van der Waals surface area contributed by atoms with E-state index in [1.165, 1.54) is 6.07 Å². The van der Waals surface area contributed by atoms with Crippen LogP contribution in [0.15, 0.2) is 12.1 Å². The Bertz CT molecular complexity index is 718. The standard InChI is InChI=1S/C15H15F3N2O5/c1-8(21)25-7-10-5-9-3-2-4-12(19-14(22)15(16,17)18)11(9)6-13(10)20(23)24/h5-6,12H,2-4,7H2,1H3,(H,19,22). The molecule has 0 aromatic heterocycles. The first kappa shape index (κ1) is 18.7. The second-order valence-corrected chi connectivity index (χ2v) is 5.63. The van der Waals surface area contributed by atoms with Gasteiger partial charge in [0.05, 0.1) is 16.5 Å². The number of nitrogens with zero attached hydrogens (tertiary/aromatic N) is 1. The molecule has 1 atom stereocenters. The van der Waals surface area contributed by atoms with Gasteiger partial charge in [-0.25, -0.2) is 0 Å². The number of nitro groups is 1. The highest BCUT2D eigenvalue weighted by Crippen LogP contribution is 2.35. The number of rotatable bonds is 4. The topological polar surface area (TPSA) is 98.5 Å². The lowest BCUT2D eigenvalue weighted by atomic mass is 9.86. The number of aryl methyl sites for hydroxylation is 1. The zero-order chi connectivity index (χ0) is 18.8. The van der Waals surface area contributed by atoms with Gasteiger partial charge in [0.15, 0.2) is 0 Å². The molecule has 0 aliphatic heterocycles. The number of esters is 1. The molecular formula is C15H15F3N2O5. The van der Waals surface area contributed by atoms with Gasteiger partial charge < -0.3 is 10.1 Å². The van der Waals surface area contributed by atoms with Crippen molar-refractivity contribution in [2.45, 2.75) is 45.0 Å². The minimum Gasteiger partial charge on any atom is -0.461 e. The van der Waals surface area contributed by atoms with Crippen molar-refractivity contribution >= 4 is 17.6 Å². The van der Waals surface area contributed by atoms with Gasteiger partial charge in [-0.05, 0) is 36.5 Å². The van der Waals surface area contributed by atoms with Gasteiger partial charge in [-0.3, -0.25) is 19.7 Å². The van der Waals surface area contributed by atoms with E-state index in [1.807, 2.05) is 5.32 Å². The van der Waals surface area contributed by atoms with Gasteiger partial charge in [0, 0.05) is 13.0 Å². The van der Waals surface area contributed by atoms with Crippen molar-refractivity contribution in [3.63, 3.8) is 0 Å². The number of hydrogen-bond acceptors (Lipinski definition) is 5. The van der Waals surface area contributed by atoms with Crippen molar-refractivity contribution in [1.82, 2.24) is 5.32 Å². The smallest absolute Gasteiger partial charge is 0.461 e. The largest absolute Gasteiger partial charge is 0.471 e. The molecule has 0 radical (unpaired) electrons. The molecular weight excluding hydrogens is 345 g/mol. The third-order valence-corrected chi connectivity index (χ3v) is 3.85. The first-order valence-corrected chi connectivity index (χ1v) is 7.40. The Morgan fingerprint density at radius 1 is 1.40 bits per heavy atom. The maximum absolute atomic E-state index is 12.5. The first-order valence-electron chi connectivity index (χ1n) is 7.40. The van der Waals surface area contributed by atoms with Crippen LogP contribution in [-0.4, -0.2) is 23.0 Å². The van der Waals surface area contributed by atoms with Crippen molar-refractivity contribution in [2.24, 2.45) is 0 Å². The Morgan fingerprint density at radius 2 is 2.08 bits per heavy atom. The summed E-state index contributed by atoms with van der Waals surface area (Å²) in [7, 11) is 0. The number of ether oxygens (including phenoxy) is 1. The minimum atomic E-state index is -5.03. The number of benzene rings is 1. The highest BCUT2D eigenvalue weighted by molar-refractivity contribution is 5.82. The zero-order valence-corrected chi connectivity index (χ0v) is 13.2. The molecule has 0 bridgehead atoms. The zero-order valence-electron chi connectivity index (χ0n) is 13.2. The Labute approximate surface area is 140 Å². The van der Waals surface area contributed by atoms with Crippen LogP contribution in [0.5, 0.6) is 0 Å². The van der Waals surface area contributed by atoms with Crippen LogP contribution < -0.4 is 5.32 Å². The number of nitro benzene ring substituents is 1. The third-order valence-electron chi connectivity index (χ3n) is 3.85. The molecule has 0 heterocycles.